The number of benzene rings is 1. The highest BCUT2D eigenvalue weighted by Gasteiger charge is 2.32. The predicted molar refractivity (Wildman–Crippen MR) is 96.0 cm³/mol. The van der Waals surface area contributed by atoms with Crippen molar-refractivity contribution < 1.29 is 17.9 Å². The lowest BCUT2D eigenvalue weighted by Gasteiger charge is -2.21. The highest BCUT2D eigenvalue weighted by molar-refractivity contribution is 7.90. The normalized spacial score (nSPS) is 14.2. The van der Waals surface area contributed by atoms with E-state index in [0.717, 1.165) is 11.1 Å². The number of carbonyl (C=O) groups is 1. The van der Waals surface area contributed by atoms with Crippen molar-refractivity contribution >= 4 is 16.0 Å². The van der Waals surface area contributed by atoms with Crippen molar-refractivity contribution in [1.29, 1.82) is 0 Å². The van der Waals surface area contributed by atoms with Crippen LogP contribution in [0.3, 0.4) is 0 Å². The number of methoxy groups -OCH3 is 1. The van der Waals surface area contributed by atoms with E-state index in [4.69, 9.17) is 10.5 Å². The zero-order valence-electron chi connectivity index (χ0n) is 15.2. The van der Waals surface area contributed by atoms with Crippen LogP contribution in [0.2, 0.25) is 0 Å². The third kappa shape index (κ3) is 3.62. The van der Waals surface area contributed by atoms with Crippen molar-refractivity contribution in [2.75, 3.05) is 7.11 Å². The summed E-state index contributed by atoms with van der Waals surface area (Å²) >= 11 is 0. The second-order valence-electron chi connectivity index (χ2n) is 6.56. The molecule has 1 aromatic carbocycles. The molecule has 1 atom stereocenters. The number of aromatic nitrogens is 1. The lowest BCUT2D eigenvalue weighted by molar-refractivity contribution is -0.146. The molecule has 2 N–H and O–H groups in total. The number of nitrogens with two attached hydrogens (primary N) is 1. The SMILES string of the molecule is COC(=O)C(C)(N)Cc1cn(S(=O)(=O)c2ccc(C)cc2)c(C)c1C. The predicted octanol–water partition coefficient (Wildman–Crippen LogP) is 2.08. The van der Waals surface area contributed by atoms with Crippen LogP contribution in [0, 0.1) is 20.8 Å². The standard InChI is InChI=1S/C18H24N2O4S/c1-12-6-8-16(9-7-12)25(22,23)20-11-15(13(2)14(20)3)10-18(4,19)17(21)24-5/h6-9,11H,10,19H2,1-5H3. The van der Waals surface area contributed by atoms with Crippen LogP contribution in [0.1, 0.15) is 29.3 Å². The Morgan fingerprint density at radius 2 is 1.76 bits per heavy atom. The van der Waals surface area contributed by atoms with E-state index in [9.17, 15) is 13.2 Å². The van der Waals surface area contributed by atoms with E-state index in [0.29, 0.717) is 11.3 Å². The molecule has 0 amide bonds. The van der Waals surface area contributed by atoms with Gasteiger partial charge in [0.2, 0.25) is 0 Å². The summed E-state index contributed by atoms with van der Waals surface area (Å²) in [5, 5.41) is 0. The lowest BCUT2D eigenvalue weighted by atomic mass is 9.93. The fraction of sp³-hybridized carbons (Fsp3) is 0.389. The first-order valence-electron chi connectivity index (χ1n) is 7.87. The molecular formula is C18H24N2O4S. The molecule has 0 bridgehead atoms. The van der Waals surface area contributed by atoms with Crippen LogP contribution in [-0.2, 0) is 26.0 Å². The number of nitrogens with zero attached hydrogens (tertiary/aromatic N) is 1. The molecule has 0 radical (unpaired) electrons. The molecule has 0 aliphatic heterocycles. The van der Waals surface area contributed by atoms with Crippen LogP contribution >= 0.6 is 0 Å². The molecule has 0 fully saturated rings. The number of rotatable bonds is 5. The zero-order valence-corrected chi connectivity index (χ0v) is 16.0. The molecule has 25 heavy (non-hydrogen) atoms. The summed E-state index contributed by atoms with van der Waals surface area (Å²) in [6.07, 6.45) is 1.72. The smallest absolute Gasteiger partial charge is 0.325 e. The van der Waals surface area contributed by atoms with Crippen molar-refractivity contribution in [1.82, 2.24) is 3.97 Å². The van der Waals surface area contributed by atoms with Gasteiger partial charge in [-0.05, 0) is 51.0 Å². The van der Waals surface area contributed by atoms with E-state index < -0.39 is 21.5 Å². The maximum absolute atomic E-state index is 12.9. The maximum atomic E-state index is 12.9. The number of hydrogen-bond acceptors (Lipinski definition) is 5. The molecular weight excluding hydrogens is 340 g/mol. The molecule has 2 aromatic rings. The Labute approximate surface area is 148 Å². The van der Waals surface area contributed by atoms with Crippen LogP contribution in [0.5, 0.6) is 0 Å². The average molecular weight is 364 g/mol. The van der Waals surface area contributed by atoms with Gasteiger partial charge in [0.1, 0.15) is 5.54 Å². The van der Waals surface area contributed by atoms with Gasteiger partial charge in [-0.3, -0.25) is 4.79 Å². The van der Waals surface area contributed by atoms with Crippen molar-refractivity contribution in [3.63, 3.8) is 0 Å². The van der Waals surface area contributed by atoms with Crippen molar-refractivity contribution in [3.05, 3.63) is 52.8 Å². The number of carbonyl (C=O) groups excluding carboxylic acids is 1. The summed E-state index contributed by atoms with van der Waals surface area (Å²) in [4.78, 5) is 12.0. The van der Waals surface area contributed by atoms with E-state index >= 15 is 0 Å². The Kier molecular flexibility index (Phi) is 5.11. The molecule has 1 heterocycles. The number of esters is 1. The number of hydrogen-bond donors (Lipinski definition) is 1. The molecule has 0 aliphatic rings. The van der Waals surface area contributed by atoms with Gasteiger partial charge in [-0.25, -0.2) is 12.4 Å². The highest BCUT2D eigenvalue weighted by atomic mass is 32.2. The van der Waals surface area contributed by atoms with Crippen LogP contribution in [0.25, 0.3) is 0 Å². The van der Waals surface area contributed by atoms with Gasteiger partial charge in [-0.1, -0.05) is 17.7 Å². The van der Waals surface area contributed by atoms with Gasteiger partial charge in [-0.2, -0.15) is 0 Å². The topological polar surface area (TPSA) is 91.4 Å². The van der Waals surface area contributed by atoms with Gasteiger partial charge < -0.3 is 10.5 Å². The summed E-state index contributed by atoms with van der Waals surface area (Å²) < 4.78 is 31.8. The van der Waals surface area contributed by atoms with E-state index in [1.807, 2.05) is 13.8 Å². The van der Waals surface area contributed by atoms with Gasteiger partial charge >= 0.3 is 5.97 Å². The molecule has 7 heteroatoms. The Morgan fingerprint density at radius 1 is 1.20 bits per heavy atom. The zero-order chi connectivity index (χ0) is 19.0. The van der Waals surface area contributed by atoms with Crippen LogP contribution in [0.15, 0.2) is 35.4 Å². The van der Waals surface area contributed by atoms with Gasteiger partial charge in [0, 0.05) is 18.3 Å². The van der Waals surface area contributed by atoms with Crippen molar-refractivity contribution in [2.45, 2.75) is 44.6 Å². The Bertz CT molecular complexity index is 894. The highest BCUT2D eigenvalue weighted by Crippen LogP contribution is 2.25. The monoisotopic (exact) mass is 364 g/mol. The Morgan fingerprint density at radius 3 is 2.28 bits per heavy atom. The van der Waals surface area contributed by atoms with E-state index in [1.165, 1.54) is 17.3 Å². The molecule has 0 aliphatic carbocycles. The van der Waals surface area contributed by atoms with Gasteiger partial charge in [-0.15, -0.1) is 0 Å². The van der Waals surface area contributed by atoms with E-state index in [2.05, 4.69) is 0 Å². The molecule has 2 rings (SSSR count). The van der Waals surface area contributed by atoms with Gasteiger partial charge in [0.15, 0.2) is 0 Å². The summed E-state index contributed by atoms with van der Waals surface area (Å²) in [6, 6.07) is 6.68. The van der Waals surface area contributed by atoms with Crippen LogP contribution < -0.4 is 5.73 Å². The molecule has 1 aromatic heterocycles. The second kappa shape index (κ2) is 6.65. The summed E-state index contributed by atoms with van der Waals surface area (Å²) in [7, 11) is -2.43. The summed E-state index contributed by atoms with van der Waals surface area (Å²) in [6.45, 7) is 7.02. The third-order valence-electron chi connectivity index (χ3n) is 4.42. The van der Waals surface area contributed by atoms with Crippen LogP contribution in [-0.4, -0.2) is 31.0 Å². The molecule has 0 saturated carbocycles. The lowest BCUT2D eigenvalue weighted by Crippen LogP contribution is -2.47. The molecule has 136 valence electrons. The number of ether oxygens (including phenoxy) is 1. The Balaban J connectivity index is 2.48. The number of aryl methyl sites for hydroxylation is 1. The quantitative estimate of drug-likeness (QED) is 0.820. The summed E-state index contributed by atoms with van der Waals surface area (Å²) in [5.41, 5.74) is 7.87. The summed E-state index contributed by atoms with van der Waals surface area (Å²) in [5.74, 6) is -0.543. The molecule has 0 spiro atoms. The molecule has 6 nitrogen and oxygen atoms in total. The second-order valence-corrected chi connectivity index (χ2v) is 8.38. The van der Waals surface area contributed by atoms with Crippen LogP contribution in [0.4, 0.5) is 0 Å². The first-order chi connectivity index (χ1) is 11.5. The Hall–Kier alpha value is -2.12. The van der Waals surface area contributed by atoms with Crippen molar-refractivity contribution in [3.8, 4) is 0 Å². The minimum atomic E-state index is -3.71. The third-order valence-corrected chi connectivity index (χ3v) is 6.18. The maximum Gasteiger partial charge on any atom is 0.325 e. The van der Waals surface area contributed by atoms with Crippen molar-refractivity contribution in [2.24, 2.45) is 5.73 Å². The minimum Gasteiger partial charge on any atom is -0.468 e. The minimum absolute atomic E-state index is 0.183. The van der Waals surface area contributed by atoms with E-state index in [-0.39, 0.29) is 11.3 Å². The fourth-order valence-corrected chi connectivity index (χ4v) is 4.16. The molecule has 1 unspecified atom stereocenters. The first kappa shape index (κ1) is 19.2. The van der Waals surface area contributed by atoms with Gasteiger partial charge in [0.25, 0.3) is 10.0 Å². The van der Waals surface area contributed by atoms with Gasteiger partial charge in [0.05, 0.1) is 12.0 Å². The molecule has 0 saturated heterocycles. The fourth-order valence-electron chi connectivity index (χ4n) is 2.69. The average Bonchev–Trinajstić information content (AvgIpc) is 2.83. The first-order valence-corrected chi connectivity index (χ1v) is 9.31. The van der Waals surface area contributed by atoms with E-state index in [1.54, 1.807) is 38.1 Å². The largest absolute Gasteiger partial charge is 0.468 e.